The Kier molecular flexibility index (Phi) is 6.68. The number of phenols is 1. The van der Waals surface area contributed by atoms with Crippen LogP contribution in [0.4, 0.5) is 0 Å². The molecule has 0 saturated carbocycles. The van der Waals surface area contributed by atoms with Crippen molar-refractivity contribution in [2.45, 2.75) is 78.4 Å². The molecule has 1 N–H and O–H groups in total. The first-order valence-corrected chi connectivity index (χ1v) is 10.2. The van der Waals surface area contributed by atoms with Crippen molar-refractivity contribution >= 4 is 11.9 Å². The van der Waals surface area contributed by atoms with Crippen LogP contribution in [0.15, 0.2) is 12.1 Å². The Labute approximate surface area is 174 Å². The summed E-state index contributed by atoms with van der Waals surface area (Å²) in [5.74, 6) is -0.344. The van der Waals surface area contributed by atoms with E-state index in [2.05, 4.69) is 41.5 Å². The first-order chi connectivity index (χ1) is 13.3. The van der Waals surface area contributed by atoms with Gasteiger partial charge in [0.15, 0.2) is 0 Å². The highest BCUT2D eigenvalue weighted by atomic mass is 16.5. The lowest BCUT2D eigenvalue weighted by Crippen LogP contribution is -2.51. The third kappa shape index (κ3) is 5.10. The summed E-state index contributed by atoms with van der Waals surface area (Å²) in [7, 11) is 0. The molecule has 0 bridgehead atoms. The highest BCUT2D eigenvalue weighted by Gasteiger charge is 2.36. The van der Waals surface area contributed by atoms with Crippen molar-refractivity contribution < 1.29 is 24.2 Å². The molecule has 6 heteroatoms. The first kappa shape index (κ1) is 23.2. The van der Waals surface area contributed by atoms with E-state index in [1.807, 2.05) is 12.1 Å². The Hall–Kier alpha value is -2.08. The fraction of sp³-hybridized carbons (Fsp3) is 0.652. The van der Waals surface area contributed by atoms with Gasteiger partial charge in [0.1, 0.15) is 24.5 Å². The zero-order chi connectivity index (χ0) is 22.1. The molecule has 1 heterocycles. The lowest BCUT2D eigenvalue weighted by atomic mass is 9.78. The van der Waals surface area contributed by atoms with Crippen LogP contribution < -0.4 is 0 Å². The predicted molar refractivity (Wildman–Crippen MR) is 112 cm³/mol. The van der Waals surface area contributed by atoms with E-state index in [1.54, 1.807) is 13.8 Å². The summed E-state index contributed by atoms with van der Waals surface area (Å²) in [5, 5.41) is 10.9. The summed E-state index contributed by atoms with van der Waals surface area (Å²) in [6.07, 6.45) is -0.382. The average molecular weight is 406 g/mol. The summed E-state index contributed by atoms with van der Waals surface area (Å²) in [6, 6.07) is 3.24. The zero-order valence-electron chi connectivity index (χ0n) is 19.0. The third-order valence-corrected chi connectivity index (χ3v) is 5.31. The molecule has 2 unspecified atom stereocenters. The fourth-order valence-electron chi connectivity index (χ4n) is 3.54. The summed E-state index contributed by atoms with van der Waals surface area (Å²) < 4.78 is 10.9. The molecule has 1 aromatic carbocycles. The van der Waals surface area contributed by atoms with E-state index < -0.39 is 12.0 Å². The lowest BCUT2D eigenvalue weighted by molar-refractivity contribution is -0.164. The Morgan fingerprint density at radius 1 is 1.21 bits per heavy atom. The molecule has 1 amide bonds. The third-order valence-electron chi connectivity index (χ3n) is 5.31. The summed E-state index contributed by atoms with van der Waals surface area (Å²) in [6.45, 7) is 16.2. The van der Waals surface area contributed by atoms with Crippen LogP contribution in [-0.2, 0) is 29.9 Å². The smallest absolute Gasteiger partial charge is 0.328 e. The second kappa shape index (κ2) is 8.34. The fourth-order valence-corrected chi connectivity index (χ4v) is 3.54. The van der Waals surface area contributed by atoms with E-state index in [9.17, 15) is 14.7 Å². The van der Waals surface area contributed by atoms with Gasteiger partial charge in [-0.15, -0.1) is 0 Å². The van der Waals surface area contributed by atoms with Crippen molar-refractivity contribution in [3.8, 4) is 5.75 Å². The number of morpholine rings is 1. The summed E-state index contributed by atoms with van der Waals surface area (Å²) in [5.41, 5.74) is 2.05. The monoisotopic (exact) mass is 405 g/mol. The number of carbonyl (C=O) groups is 2. The van der Waals surface area contributed by atoms with Gasteiger partial charge in [0.2, 0.25) is 5.91 Å². The normalized spacial score (nSPS) is 19.2. The van der Waals surface area contributed by atoms with Gasteiger partial charge in [-0.2, -0.15) is 0 Å². The molecule has 1 aromatic rings. The Morgan fingerprint density at radius 2 is 1.72 bits per heavy atom. The molecule has 1 aliphatic rings. The van der Waals surface area contributed by atoms with Gasteiger partial charge in [0, 0.05) is 0 Å². The predicted octanol–water partition coefficient (Wildman–Crippen LogP) is 3.84. The Bertz CT molecular complexity index is 737. The summed E-state index contributed by atoms with van der Waals surface area (Å²) in [4.78, 5) is 26.1. The molecule has 29 heavy (non-hydrogen) atoms. The molecule has 1 fully saturated rings. The van der Waals surface area contributed by atoms with Gasteiger partial charge in [-0.25, -0.2) is 4.79 Å². The standard InChI is InChI=1S/C23H35NO5/c1-9-28-21(27)14(2)24-12-18(29-13-19(24)25)15-10-16(22(3,4)5)20(26)17(11-15)23(6,7)8/h10-11,14,18,26H,9,12-13H2,1-8H3. The maximum absolute atomic E-state index is 12.4. The largest absolute Gasteiger partial charge is 0.507 e. The molecule has 0 radical (unpaired) electrons. The van der Waals surface area contributed by atoms with Crippen LogP contribution in [0.5, 0.6) is 5.75 Å². The van der Waals surface area contributed by atoms with Crippen LogP contribution in [0, 0.1) is 0 Å². The minimum atomic E-state index is -0.671. The number of rotatable bonds is 4. The molecule has 2 rings (SSSR count). The number of aromatic hydroxyl groups is 1. The summed E-state index contributed by atoms with van der Waals surface area (Å²) >= 11 is 0. The number of phenolic OH excluding ortho intramolecular Hbond substituents is 1. The van der Waals surface area contributed by atoms with Gasteiger partial charge in [0.05, 0.1) is 13.2 Å². The van der Waals surface area contributed by atoms with E-state index in [0.717, 1.165) is 16.7 Å². The van der Waals surface area contributed by atoms with E-state index in [0.29, 0.717) is 5.75 Å². The second-order valence-electron chi connectivity index (χ2n) is 9.74. The lowest BCUT2D eigenvalue weighted by Gasteiger charge is -2.37. The number of hydrogen-bond acceptors (Lipinski definition) is 5. The van der Waals surface area contributed by atoms with Gasteiger partial charge in [-0.05, 0) is 53.5 Å². The van der Waals surface area contributed by atoms with E-state index in [1.165, 1.54) is 4.90 Å². The molecule has 1 aliphatic heterocycles. The Balaban J connectivity index is 2.45. The van der Waals surface area contributed by atoms with Crippen molar-refractivity contribution in [1.29, 1.82) is 0 Å². The molecule has 162 valence electrons. The van der Waals surface area contributed by atoms with Crippen LogP contribution >= 0.6 is 0 Å². The van der Waals surface area contributed by atoms with Gasteiger partial charge in [0.25, 0.3) is 0 Å². The van der Waals surface area contributed by atoms with Crippen molar-refractivity contribution in [3.05, 3.63) is 28.8 Å². The Morgan fingerprint density at radius 3 is 2.17 bits per heavy atom. The van der Waals surface area contributed by atoms with Gasteiger partial charge >= 0.3 is 5.97 Å². The van der Waals surface area contributed by atoms with Crippen LogP contribution in [0.1, 0.15) is 78.2 Å². The number of esters is 1. The number of ether oxygens (including phenoxy) is 2. The number of carbonyl (C=O) groups excluding carboxylic acids is 2. The molecule has 0 aliphatic carbocycles. The highest BCUT2D eigenvalue weighted by Crippen LogP contribution is 2.41. The van der Waals surface area contributed by atoms with Crippen LogP contribution in [-0.4, -0.2) is 47.7 Å². The van der Waals surface area contributed by atoms with E-state index >= 15 is 0 Å². The quantitative estimate of drug-likeness (QED) is 0.770. The zero-order valence-corrected chi connectivity index (χ0v) is 19.0. The molecule has 2 atom stereocenters. The minimum absolute atomic E-state index is 0.0923. The maximum Gasteiger partial charge on any atom is 0.328 e. The van der Waals surface area contributed by atoms with Crippen molar-refractivity contribution in [2.24, 2.45) is 0 Å². The van der Waals surface area contributed by atoms with Crippen LogP contribution in [0.25, 0.3) is 0 Å². The molecular weight excluding hydrogens is 370 g/mol. The number of benzene rings is 1. The molecule has 1 saturated heterocycles. The molecule has 0 spiro atoms. The molecule has 0 aromatic heterocycles. The minimum Gasteiger partial charge on any atom is -0.507 e. The van der Waals surface area contributed by atoms with Crippen molar-refractivity contribution in [1.82, 2.24) is 4.90 Å². The topological polar surface area (TPSA) is 76.1 Å². The average Bonchev–Trinajstić information content (AvgIpc) is 2.60. The first-order valence-electron chi connectivity index (χ1n) is 10.2. The van der Waals surface area contributed by atoms with Crippen molar-refractivity contribution in [2.75, 3.05) is 19.8 Å². The number of amides is 1. The number of nitrogens with zero attached hydrogens (tertiary/aromatic N) is 1. The van der Waals surface area contributed by atoms with Gasteiger partial charge < -0.3 is 19.5 Å². The van der Waals surface area contributed by atoms with Crippen LogP contribution in [0.2, 0.25) is 0 Å². The van der Waals surface area contributed by atoms with Gasteiger partial charge in [-0.1, -0.05) is 41.5 Å². The molecular formula is C23H35NO5. The molecule has 6 nitrogen and oxygen atoms in total. The van der Waals surface area contributed by atoms with Gasteiger partial charge in [-0.3, -0.25) is 4.79 Å². The number of hydrogen-bond donors (Lipinski definition) is 1. The van der Waals surface area contributed by atoms with E-state index in [4.69, 9.17) is 9.47 Å². The highest BCUT2D eigenvalue weighted by molar-refractivity contribution is 5.85. The van der Waals surface area contributed by atoms with E-state index in [-0.39, 0.29) is 42.6 Å². The van der Waals surface area contributed by atoms with Crippen molar-refractivity contribution in [3.63, 3.8) is 0 Å². The second-order valence-corrected chi connectivity index (χ2v) is 9.74. The maximum atomic E-state index is 12.4. The SMILES string of the molecule is CCOC(=O)C(C)N1CC(c2cc(C(C)(C)C)c(O)c(C(C)(C)C)c2)OCC1=O. The van der Waals surface area contributed by atoms with Crippen LogP contribution in [0.3, 0.4) is 0 Å².